The van der Waals surface area contributed by atoms with Crippen molar-refractivity contribution in [3.8, 4) is 0 Å². The summed E-state index contributed by atoms with van der Waals surface area (Å²) < 4.78 is 31.9. The van der Waals surface area contributed by atoms with E-state index in [1.54, 1.807) is 13.0 Å². The van der Waals surface area contributed by atoms with Crippen molar-refractivity contribution in [2.24, 2.45) is 0 Å². The van der Waals surface area contributed by atoms with Crippen LogP contribution in [0, 0.1) is 6.92 Å². The summed E-state index contributed by atoms with van der Waals surface area (Å²) in [6, 6.07) is 3.45. The van der Waals surface area contributed by atoms with Crippen LogP contribution in [0.5, 0.6) is 0 Å². The minimum atomic E-state index is -3.53. The van der Waals surface area contributed by atoms with Crippen LogP contribution in [0.4, 0.5) is 0 Å². The number of alkyl halides is 1. The molecule has 1 aromatic rings. The van der Waals surface area contributed by atoms with Crippen molar-refractivity contribution in [2.75, 3.05) is 27.3 Å². The number of halogens is 2. The smallest absolute Gasteiger partial charge is 0.243 e. The van der Waals surface area contributed by atoms with Crippen LogP contribution in [-0.2, 0) is 20.6 Å². The van der Waals surface area contributed by atoms with Crippen LogP contribution in [0.25, 0.3) is 0 Å². The summed E-state index contributed by atoms with van der Waals surface area (Å²) in [6.07, 6.45) is 0. The van der Waals surface area contributed by atoms with Crippen LogP contribution >= 0.6 is 27.5 Å². The molecule has 0 amide bonds. The lowest BCUT2D eigenvalue weighted by Gasteiger charge is -2.19. The van der Waals surface area contributed by atoms with Crippen LogP contribution in [0.15, 0.2) is 21.5 Å². The molecule has 0 aromatic heterocycles. The lowest BCUT2D eigenvalue weighted by molar-refractivity contribution is 0.185. The van der Waals surface area contributed by atoms with Crippen molar-refractivity contribution in [1.29, 1.82) is 0 Å². The maximum Gasteiger partial charge on any atom is 0.243 e. The molecule has 0 atom stereocenters. The molecule has 7 heteroatoms. The topological polar surface area (TPSA) is 46.6 Å². The van der Waals surface area contributed by atoms with Crippen molar-refractivity contribution >= 4 is 37.6 Å². The third-order valence-corrected chi connectivity index (χ3v) is 5.92. The van der Waals surface area contributed by atoms with Gasteiger partial charge in [0.2, 0.25) is 10.0 Å². The number of methoxy groups -OCH3 is 1. The number of sulfonamides is 1. The summed E-state index contributed by atoms with van der Waals surface area (Å²) >= 11 is 9.15. The van der Waals surface area contributed by atoms with E-state index < -0.39 is 10.0 Å². The molecule has 0 saturated heterocycles. The zero-order chi connectivity index (χ0) is 14.6. The Morgan fingerprint density at radius 2 is 2.05 bits per heavy atom. The first-order valence-corrected chi connectivity index (χ1v) is 8.41. The third kappa shape index (κ3) is 3.92. The Labute approximate surface area is 127 Å². The van der Waals surface area contributed by atoms with Gasteiger partial charge in [-0.25, -0.2) is 8.42 Å². The summed E-state index contributed by atoms with van der Waals surface area (Å²) in [5.41, 5.74) is 1.44. The molecule has 0 saturated carbocycles. The second-order valence-electron chi connectivity index (χ2n) is 4.15. The Hall–Kier alpha value is -0.140. The Bertz CT molecular complexity index is 548. The highest BCUT2D eigenvalue weighted by atomic mass is 79.9. The van der Waals surface area contributed by atoms with Crippen LogP contribution in [0.1, 0.15) is 11.1 Å². The Morgan fingerprint density at radius 3 is 2.58 bits per heavy atom. The number of ether oxygens (including phenoxy) is 1. The molecule has 0 aliphatic rings. The van der Waals surface area contributed by atoms with E-state index >= 15 is 0 Å². The monoisotopic (exact) mass is 369 g/mol. The lowest BCUT2D eigenvalue weighted by atomic mass is 10.2. The van der Waals surface area contributed by atoms with Gasteiger partial charge in [-0.15, -0.1) is 11.6 Å². The van der Waals surface area contributed by atoms with E-state index in [1.807, 2.05) is 6.07 Å². The maximum atomic E-state index is 12.5. The number of benzene rings is 1. The van der Waals surface area contributed by atoms with E-state index in [0.717, 1.165) is 10.0 Å². The van der Waals surface area contributed by atoms with Gasteiger partial charge in [0.25, 0.3) is 0 Å². The average molecular weight is 371 g/mol. The Morgan fingerprint density at radius 1 is 1.42 bits per heavy atom. The number of hydrogen-bond acceptors (Lipinski definition) is 3. The number of nitrogens with zero attached hydrogens (tertiary/aromatic N) is 1. The van der Waals surface area contributed by atoms with E-state index in [9.17, 15) is 8.42 Å². The maximum absolute atomic E-state index is 12.5. The minimum absolute atomic E-state index is 0.267. The summed E-state index contributed by atoms with van der Waals surface area (Å²) in [5, 5.41) is 0. The molecule has 0 fully saturated rings. The van der Waals surface area contributed by atoms with Gasteiger partial charge in [0.1, 0.15) is 0 Å². The summed E-state index contributed by atoms with van der Waals surface area (Å²) in [4.78, 5) is 0.274. The van der Waals surface area contributed by atoms with Crippen LogP contribution in [0.2, 0.25) is 0 Å². The highest BCUT2D eigenvalue weighted by Gasteiger charge is 2.24. The molecule has 19 heavy (non-hydrogen) atoms. The van der Waals surface area contributed by atoms with Gasteiger partial charge in [0.05, 0.1) is 11.5 Å². The average Bonchev–Trinajstić information content (AvgIpc) is 2.38. The largest absolute Gasteiger partial charge is 0.383 e. The highest BCUT2D eigenvalue weighted by molar-refractivity contribution is 9.10. The van der Waals surface area contributed by atoms with Gasteiger partial charge in [-0.2, -0.15) is 4.31 Å². The minimum Gasteiger partial charge on any atom is -0.383 e. The Kier molecular flexibility index (Phi) is 6.26. The second-order valence-corrected chi connectivity index (χ2v) is 7.29. The van der Waals surface area contributed by atoms with Crippen molar-refractivity contribution in [2.45, 2.75) is 17.7 Å². The fourth-order valence-electron chi connectivity index (χ4n) is 1.56. The standard InChI is InChI=1S/C12H17BrClNO3S/c1-9-11(13)6-10(8-14)7-12(9)19(16,17)15(2)4-5-18-3/h6-7H,4-5,8H2,1-3H3. The van der Waals surface area contributed by atoms with Gasteiger partial charge in [0.15, 0.2) is 0 Å². The molecule has 0 aliphatic heterocycles. The summed E-state index contributed by atoms with van der Waals surface area (Å²) in [7, 11) is -0.457. The van der Waals surface area contributed by atoms with Crippen LogP contribution in [0.3, 0.4) is 0 Å². The van der Waals surface area contributed by atoms with Crippen LogP contribution < -0.4 is 0 Å². The van der Waals surface area contributed by atoms with Gasteiger partial charge in [-0.3, -0.25) is 0 Å². The molecule has 1 rings (SSSR count). The van der Waals surface area contributed by atoms with Gasteiger partial charge in [-0.05, 0) is 30.2 Å². The van der Waals surface area contributed by atoms with Gasteiger partial charge < -0.3 is 4.74 Å². The zero-order valence-electron chi connectivity index (χ0n) is 11.1. The molecular weight excluding hydrogens is 354 g/mol. The van der Waals surface area contributed by atoms with Crippen molar-refractivity contribution in [1.82, 2.24) is 4.31 Å². The molecule has 0 aliphatic carbocycles. The first-order chi connectivity index (χ1) is 8.84. The zero-order valence-corrected chi connectivity index (χ0v) is 14.3. The fourth-order valence-corrected chi connectivity index (χ4v) is 3.80. The SMILES string of the molecule is COCCN(C)S(=O)(=O)c1cc(CCl)cc(Br)c1C. The second kappa shape index (κ2) is 7.04. The van der Waals surface area contributed by atoms with Crippen molar-refractivity contribution in [3.05, 3.63) is 27.7 Å². The molecule has 4 nitrogen and oxygen atoms in total. The molecule has 0 heterocycles. The molecule has 0 unspecified atom stereocenters. The molecule has 0 N–H and O–H groups in total. The van der Waals surface area contributed by atoms with Gasteiger partial charge in [0, 0.05) is 31.1 Å². The third-order valence-electron chi connectivity index (χ3n) is 2.81. The molecule has 0 bridgehead atoms. The van der Waals surface area contributed by atoms with Crippen LogP contribution in [-0.4, -0.2) is 40.0 Å². The van der Waals surface area contributed by atoms with E-state index in [0.29, 0.717) is 18.7 Å². The molecular formula is C12H17BrClNO3S. The lowest BCUT2D eigenvalue weighted by Crippen LogP contribution is -2.30. The molecule has 108 valence electrons. The highest BCUT2D eigenvalue weighted by Crippen LogP contribution is 2.28. The quantitative estimate of drug-likeness (QED) is 0.723. The number of hydrogen-bond donors (Lipinski definition) is 0. The molecule has 0 spiro atoms. The summed E-state index contributed by atoms with van der Waals surface area (Å²) in [6.45, 7) is 2.42. The predicted molar refractivity (Wildman–Crippen MR) is 80.1 cm³/mol. The summed E-state index contributed by atoms with van der Waals surface area (Å²) in [5.74, 6) is 0.267. The van der Waals surface area contributed by atoms with E-state index in [4.69, 9.17) is 16.3 Å². The Balaban J connectivity index is 3.24. The van der Waals surface area contributed by atoms with Crippen molar-refractivity contribution < 1.29 is 13.2 Å². The van der Waals surface area contributed by atoms with E-state index in [1.165, 1.54) is 18.5 Å². The van der Waals surface area contributed by atoms with Gasteiger partial charge in [-0.1, -0.05) is 15.9 Å². The van der Waals surface area contributed by atoms with Crippen molar-refractivity contribution in [3.63, 3.8) is 0 Å². The van der Waals surface area contributed by atoms with Gasteiger partial charge >= 0.3 is 0 Å². The van der Waals surface area contributed by atoms with E-state index in [-0.39, 0.29) is 10.8 Å². The fraction of sp³-hybridized carbons (Fsp3) is 0.500. The van der Waals surface area contributed by atoms with E-state index in [2.05, 4.69) is 15.9 Å². The first kappa shape index (κ1) is 16.9. The first-order valence-electron chi connectivity index (χ1n) is 5.64. The predicted octanol–water partition coefficient (Wildman–Crippen LogP) is 2.76. The normalized spacial score (nSPS) is 12.1. The molecule has 0 radical (unpaired) electrons. The number of rotatable bonds is 6. The molecule has 1 aromatic carbocycles. The number of likely N-dealkylation sites (N-methyl/N-ethyl adjacent to an activating group) is 1.